The van der Waals surface area contributed by atoms with Crippen LogP contribution in [0.1, 0.15) is 24.0 Å². The molecular weight excluding hydrogens is 306 g/mol. The average Bonchev–Trinajstić information content (AvgIpc) is 3.39. The fourth-order valence-electron chi connectivity index (χ4n) is 3.33. The molecule has 3 nitrogen and oxygen atoms in total. The molecule has 0 spiro atoms. The van der Waals surface area contributed by atoms with Gasteiger partial charge in [0.25, 0.3) is 0 Å². The summed E-state index contributed by atoms with van der Waals surface area (Å²) in [6, 6.07) is 18.3. The number of hydrogen-bond donors (Lipinski definition) is 0. The molecule has 0 amide bonds. The highest BCUT2D eigenvalue weighted by Gasteiger charge is 2.28. The van der Waals surface area contributed by atoms with E-state index >= 15 is 0 Å². The first-order valence-electron chi connectivity index (χ1n) is 8.98. The molecule has 0 radical (unpaired) electrons. The molecule has 2 aromatic carbocycles. The summed E-state index contributed by atoms with van der Waals surface area (Å²) in [4.78, 5) is 2.35. The Hall–Kier alpha value is -2.55. The van der Waals surface area contributed by atoms with Gasteiger partial charge in [-0.15, -0.1) is 0 Å². The first-order chi connectivity index (χ1) is 12.0. The van der Waals surface area contributed by atoms with E-state index in [0.717, 1.165) is 5.69 Å². The third-order valence-corrected chi connectivity index (χ3v) is 5.33. The second-order valence-corrected chi connectivity index (χ2v) is 7.23. The van der Waals surface area contributed by atoms with Crippen molar-refractivity contribution in [3.05, 3.63) is 59.7 Å². The molecule has 4 rings (SSSR count). The minimum atomic E-state index is 0.690. The zero-order chi connectivity index (χ0) is 17.6. The van der Waals surface area contributed by atoms with E-state index in [0.29, 0.717) is 6.04 Å². The third-order valence-electron chi connectivity index (χ3n) is 5.33. The predicted octanol–water partition coefficient (Wildman–Crippen LogP) is 4.97. The van der Waals surface area contributed by atoms with Crippen LogP contribution in [0.2, 0.25) is 0 Å². The van der Waals surface area contributed by atoms with Gasteiger partial charge in [0, 0.05) is 31.8 Å². The first-order valence-corrected chi connectivity index (χ1v) is 8.98. The quantitative estimate of drug-likeness (QED) is 0.673. The van der Waals surface area contributed by atoms with E-state index in [1.807, 2.05) is 11.7 Å². The van der Waals surface area contributed by atoms with Gasteiger partial charge < -0.3 is 4.90 Å². The smallest absolute Gasteiger partial charge is 0.127 e. The van der Waals surface area contributed by atoms with Gasteiger partial charge in [0.2, 0.25) is 0 Å². The molecule has 1 aliphatic rings. The number of nitrogens with zero attached hydrogens (tertiary/aromatic N) is 3. The number of aromatic nitrogens is 2. The first kappa shape index (κ1) is 15.9. The summed E-state index contributed by atoms with van der Waals surface area (Å²) in [5.41, 5.74) is 7.39. The van der Waals surface area contributed by atoms with Crippen LogP contribution >= 0.6 is 0 Å². The largest absolute Gasteiger partial charge is 0.357 e. The van der Waals surface area contributed by atoms with Gasteiger partial charge in [0.15, 0.2) is 0 Å². The molecule has 128 valence electrons. The molecular formula is C22H25N3. The standard InChI is InChI=1S/C22H25N3/c1-15-5-6-19(13-16(15)2)17-7-9-18(10-8-17)21-14-22(25(4)23-21)24(3)20-11-12-20/h5-10,13-14,20H,11-12H2,1-4H3. The molecule has 1 fully saturated rings. The Kier molecular flexibility index (Phi) is 3.87. The minimum Gasteiger partial charge on any atom is -0.357 e. The molecule has 1 aromatic heterocycles. The zero-order valence-corrected chi connectivity index (χ0v) is 15.5. The van der Waals surface area contributed by atoms with E-state index in [-0.39, 0.29) is 0 Å². The molecule has 1 heterocycles. The Morgan fingerprint density at radius 3 is 2.16 bits per heavy atom. The van der Waals surface area contributed by atoms with Gasteiger partial charge in [-0.25, -0.2) is 0 Å². The normalized spacial score (nSPS) is 13.9. The number of aryl methyl sites for hydroxylation is 3. The summed E-state index contributed by atoms with van der Waals surface area (Å²) >= 11 is 0. The van der Waals surface area contributed by atoms with Crippen molar-refractivity contribution < 1.29 is 0 Å². The highest BCUT2D eigenvalue weighted by atomic mass is 15.4. The zero-order valence-electron chi connectivity index (χ0n) is 15.5. The predicted molar refractivity (Wildman–Crippen MR) is 105 cm³/mol. The lowest BCUT2D eigenvalue weighted by atomic mass is 9.99. The maximum absolute atomic E-state index is 4.72. The van der Waals surface area contributed by atoms with Crippen LogP contribution in [0.25, 0.3) is 22.4 Å². The van der Waals surface area contributed by atoms with Crippen molar-refractivity contribution in [2.75, 3.05) is 11.9 Å². The summed E-state index contributed by atoms with van der Waals surface area (Å²) in [5.74, 6) is 1.19. The molecule has 0 unspecified atom stereocenters. The fraction of sp³-hybridized carbons (Fsp3) is 0.318. The third kappa shape index (κ3) is 3.07. The van der Waals surface area contributed by atoms with Gasteiger partial charge in [-0.05, 0) is 48.9 Å². The summed E-state index contributed by atoms with van der Waals surface area (Å²) in [7, 11) is 4.20. The SMILES string of the molecule is Cc1ccc(-c2ccc(-c3cc(N(C)C4CC4)n(C)n3)cc2)cc1C. The average molecular weight is 331 g/mol. The number of hydrogen-bond acceptors (Lipinski definition) is 2. The minimum absolute atomic E-state index is 0.690. The molecule has 25 heavy (non-hydrogen) atoms. The molecule has 1 aliphatic carbocycles. The molecule has 0 N–H and O–H groups in total. The topological polar surface area (TPSA) is 21.1 Å². The van der Waals surface area contributed by atoms with Gasteiger partial charge >= 0.3 is 0 Å². The van der Waals surface area contributed by atoms with Gasteiger partial charge in [0.05, 0.1) is 5.69 Å². The highest BCUT2D eigenvalue weighted by Crippen LogP contribution is 2.32. The fourth-order valence-corrected chi connectivity index (χ4v) is 3.33. The van der Waals surface area contributed by atoms with Crippen molar-refractivity contribution in [1.29, 1.82) is 0 Å². The number of benzene rings is 2. The van der Waals surface area contributed by atoms with E-state index in [2.05, 4.69) is 74.3 Å². The van der Waals surface area contributed by atoms with Crippen LogP contribution in [0, 0.1) is 13.8 Å². The van der Waals surface area contributed by atoms with E-state index in [1.54, 1.807) is 0 Å². The maximum Gasteiger partial charge on any atom is 0.127 e. The van der Waals surface area contributed by atoms with Crippen LogP contribution in [0.3, 0.4) is 0 Å². The molecule has 1 saturated carbocycles. The Morgan fingerprint density at radius 1 is 0.880 bits per heavy atom. The Labute approximate surface area is 149 Å². The summed E-state index contributed by atoms with van der Waals surface area (Å²) < 4.78 is 1.99. The lowest BCUT2D eigenvalue weighted by Crippen LogP contribution is -2.21. The van der Waals surface area contributed by atoms with E-state index < -0.39 is 0 Å². The van der Waals surface area contributed by atoms with Gasteiger partial charge in [-0.2, -0.15) is 5.10 Å². The van der Waals surface area contributed by atoms with E-state index in [9.17, 15) is 0 Å². The summed E-state index contributed by atoms with van der Waals surface area (Å²) in [5, 5.41) is 4.72. The highest BCUT2D eigenvalue weighted by molar-refractivity contribution is 5.70. The van der Waals surface area contributed by atoms with Crippen molar-refractivity contribution in [3.8, 4) is 22.4 Å². The molecule has 3 aromatic rings. The maximum atomic E-state index is 4.72. The van der Waals surface area contributed by atoms with Gasteiger partial charge in [-0.3, -0.25) is 4.68 Å². The van der Waals surface area contributed by atoms with Crippen molar-refractivity contribution in [2.45, 2.75) is 32.7 Å². The summed E-state index contributed by atoms with van der Waals surface area (Å²) in [6.07, 6.45) is 2.59. The van der Waals surface area contributed by atoms with Gasteiger partial charge in [0.1, 0.15) is 5.82 Å². The molecule has 3 heteroatoms. The van der Waals surface area contributed by atoms with Crippen molar-refractivity contribution in [3.63, 3.8) is 0 Å². The van der Waals surface area contributed by atoms with Crippen LogP contribution in [0.15, 0.2) is 48.5 Å². The van der Waals surface area contributed by atoms with Gasteiger partial charge in [-0.1, -0.05) is 42.5 Å². The van der Waals surface area contributed by atoms with Crippen LogP contribution in [0.4, 0.5) is 5.82 Å². The van der Waals surface area contributed by atoms with Crippen molar-refractivity contribution in [1.82, 2.24) is 9.78 Å². The Morgan fingerprint density at radius 2 is 1.52 bits per heavy atom. The van der Waals surface area contributed by atoms with Crippen LogP contribution in [0.5, 0.6) is 0 Å². The Bertz CT molecular complexity index is 902. The van der Waals surface area contributed by atoms with E-state index in [4.69, 9.17) is 5.10 Å². The van der Waals surface area contributed by atoms with Crippen LogP contribution < -0.4 is 4.90 Å². The molecule has 0 saturated heterocycles. The lowest BCUT2D eigenvalue weighted by molar-refractivity contribution is 0.734. The van der Waals surface area contributed by atoms with E-state index in [1.165, 1.54) is 46.5 Å². The second kappa shape index (κ2) is 6.07. The van der Waals surface area contributed by atoms with Crippen LogP contribution in [-0.2, 0) is 7.05 Å². The molecule has 0 atom stereocenters. The second-order valence-electron chi connectivity index (χ2n) is 7.23. The monoisotopic (exact) mass is 331 g/mol. The lowest BCUT2D eigenvalue weighted by Gasteiger charge is -2.17. The van der Waals surface area contributed by atoms with Crippen molar-refractivity contribution in [2.24, 2.45) is 7.05 Å². The molecule has 0 aliphatic heterocycles. The van der Waals surface area contributed by atoms with Crippen molar-refractivity contribution >= 4 is 5.82 Å². The number of rotatable bonds is 4. The Balaban J connectivity index is 1.61. The number of anilines is 1. The molecule has 0 bridgehead atoms. The summed E-state index contributed by atoms with van der Waals surface area (Å²) in [6.45, 7) is 4.32. The van der Waals surface area contributed by atoms with Crippen LogP contribution in [-0.4, -0.2) is 22.9 Å².